The van der Waals surface area contributed by atoms with Crippen LogP contribution in [-0.4, -0.2) is 20.2 Å². The largest absolute Gasteiger partial charge is 0.496 e. The van der Waals surface area contributed by atoms with Gasteiger partial charge in [0.25, 0.3) is 0 Å². The normalized spacial score (nSPS) is 12.0. The standard InChI is InChI=1S/C11H15NO3/c1-7-4-5-8(9(6-7)14-2)10(12)11(13)15-3/h4-6,10H,12H2,1-3H3. The van der Waals surface area contributed by atoms with Gasteiger partial charge in [0, 0.05) is 5.56 Å². The fraction of sp³-hybridized carbons (Fsp3) is 0.364. The summed E-state index contributed by atoms with van der Waals surface area (Å²) in [5.74, 6) is 0.130. The van der Waals surface area contributed by atoms with Gasteiger partial charge in [0.2, 0.25) is 0 Å². The Balaban J connectivity index is 3.07. The molecule has 4 heteroatoms. The van der Waals surface area contributed by atoms with E-state index >= 15 is 0 Å². The number of rotatable bonds is 3. The average Bonchev–Trinajstić information content (AvgIpc) is 2.26. The lowest BCUT2D eigenvalue weighted by atomic mass is 10.0. The Bertz CT molecular complexity index is 363. The van der Waals surface area contributed by atoms with Crippen LogP contribution in [-0.2, 0) is 9.53 Å². The Morgan fingerprint density at radius 1 is 1.40 bits per heavy atom. The van der Waals surface area contributed by atoms with Gasteiger partial charge in [0.1, 0.15) is 11.8 Å². The second-order valence-corrected chi connectivity index (χ2v) is 3.25. The van der Waals surface area contributed by atoms with Gasteiger partial charge >= 0.3 is 5.97 Å². The van der Waals surface area contributed by atoms with E-state index in [9.17, 15) is 4.79 Å². The van der Waals surface area contributed by atoms with Gasteiger partial charge in [-0.05, 0) is 18.6 Å². The summed E-state index contributed by atoms with van der Waals surface area (Å²) in [5.41, 5.74) is 7.40. The quantitative estimate of drug-likeness (QED) is 0.759. The predicted octanol–water partition coefficient (Wildman–Crippen LogP) is 1.18. The summed E-state index contributed by atoms with van der Waals surface area (Å²) in [6.07, 6.45) is 0. The minimum atomic E-state index is -0.800. The van der Waals surface area contributed by atoms with Crippen LogP contribution in [0.3, 0.4) is 0 Å². The van der Waals surface area contributed by atoms with Gasteiger partial charge in [-0.2, -0.15) is 0 Å². The number of hydrogen-bond donors (Lipinski definition) is 1. The van der Waals surface area contributed by atoms with Crippen molar-refractivity contribution in [3.8, 4) is 5.75 Å². The lowest BCUT2D eigenvalue weighted by molar-refractivity contribution is -0.142. The molecule has 2 N–H and O–H groups in total. The van der Waals surface area contributed by atoms with Crippen LogP contribution < -0.4 is 10.5 Å². The lowest BCUT2D eigenvalue weighted by Crippen LogP contribution is -2.23. The van der Waals surface area contributed by atoms with E-state index in [4.69, 9.17) is 10.5 Å². The molecule has 0 aliphatic rings. The zero-order valence-electron chi connectivity index (χ0n) is 9.11. The Hall–Kier alpha value is -1.55. The summed E-state index contributed by atoms with van der Waals surface area (Å²) in [6, 6.07) is 4.68. The minimum Gasteiger partial charge on any atom is -0.496 e. The van der Waals surface area contributed by atoms with Crippen LogP contribution in [0, 0.1) is 6.92 Å². The van der Waals surface area contributed by atoms with Crippen LogP contribution in [0.25, 0.3) is 0 Å². The van der Waals surface area contributed by atoms with Crippen molar-refractivity contribution in [2.45, 2.75) is 13.0 Å². The molecule has 0 spiro atoms. The number of ether oxygens (including phenoxy) is 2. The number of hydrogen-bond acceptors (Lipinski definition) is 4. The lowest BCUT2D eigenvalue weighted by Gasteiger charge is -2.14. The number of esters is 1. The molecule has 1 aromatic rings. The Morgan fingerprint density at radius 2 is 2.07 bits per heavy atom. The predicted molar refractivity (Wildman–Crippen MR) is 56.7 cm³/mol. The topological polar surface area (TPSA) is 61.5 Å². The molecule has 0 saturated heterocycles. The van der Waals surface area contributed by atoms with Gasteiger partial charge in [-0.3, -0.25) is 4.79 Å². The fourth-order valence-corrected chi connectivity index (χ4v) is 1.33. The van der Waals surface area contributed by atoms with Crippen LogP contribution in [0.4, 0.5) is 0 Å². The molecular formula is C11H15NO3. The molecule has 1 rings (SSSR count). The number of aryl methyl sites for hydroxylation is 1. The molecule has 4 nitrogen and oxygen atoms in total. The molecule has 0 aliphatic heterocycles. The molecule has 0 fully saturated rings. The van der Waals surface area contributed by atoms with E-state index < -0.39 is 12.0 Å². The third-order valence-corrected chi connectivity index (χ3v) is 2.18. The van der Waals surface area contributed by atoms with Crippen molar-refractivity contribution in [1.82, 2.24) is 0 Å². The van der Waals surface area contributed by atoms with Crippen molar-refractivity contribution < 1.29 is 14.3 Å². The van der Waals surface area contributed by atoms with E-state index in [-0.39, 0.29) is 0 Å². The van der Waals surface area contributed by atoms with Crippen LogP contribution in [0.1, 0.15) is 17.2 Å². The molecule has 0 heterocycles. The summed E-state index contributed by atoms with van der Waals surface area (Å²) in [6.45, 7) is 1.94. The number of benzene rings is 1. The molecule has 0 bridgehead atoms. The SMILES string of the molecule is COC(=O)C(N)c1ccc(C)cc1OC. The maximum atomic E-state index is 11.3. The third kappa shape index (κ3) is 2.47. The summed E-state index contributed by atoms with van der Waals surface area (Å²) in [7, 11) is 2.85. The van der Waals surface area contributed by atoms with Gasteiger partial charge in [-0.25, -0.2) is 0 Å². The van der Waals surface area contributed by atoms with E-state index in [0.29, 0.717) is 11.3 Å². The van der Waals surface area contributed by atoms with E-state index in [1.54, 1.807) is 13.2 Å². The van der Waals surface area contributed by atoms with Gasteiger partial charge in [-0.1, -0.05) is 12.1 Å². The minimum absolute atomic E-state index is 0.475. The molecule has 1 atom stereocenters. The molecule has 0 saturated carbocycles. The molecule has 0 aromatic heterocycles. The van der Waals surface area contributed by atoms with E-state index in [1.165, 1.54) is 7.11 Å². The van der Waals surface area contributed by atoms with E-state index in [2.05, 4.69) is 4.74 Å². The van der Waals surface area contributed by atoms with Crippen molar-refractivity contribution in [2.24, 2.45) is 5.73 Å². The molecule has 1 unspecified atom stereocenters. The van der Waals surface area contributed by atoms with Gasteiger partial charge in [0.15, 0.2) is 0 Å². The molecule has 0 radical (unpaired) electrons. The van der Waals surface area contributed by atoms with E-state index in [1.807, 2.05) is 19.1 Å². The average molecular weight is 209 g/mol. The highest BCUT2D eigenvalue weighted by Gasteiger charge is 2.19. The summed E-state index contributed by atoms with van der Waals surface area (Å²) in [4.78, 5) is 11.3. The number of methoxy groups -OCH3 is 2. The fourth-order valence-electron chi connectivity index (χ4n) is 1.33. The smallest absolute Gasteiger partial charge is 0.327 e. The van der Waals surface area contributed by atoms with Crippen LogP contribution in [0.2, 0.25) is 0 Å². The van der Waals surface area contributed by atoms with Crippen molar-refractivity contribution in [3.63, 3.8) is 0 Å². The van der Waals surface area contributed by atoms with Crippen molar-refractivity contribution in [2.75, 3.05) is 14.2 Å². The Morgan fingerprint density at radius 3 is 2.60 bits per heavy atom. The van der Waals surface area contributed by atoms with Gasteiger partial charge in [-0.15, -0.1) is 0 Å². The Labute approximate surface area is 89.0 Å². The van der Waals surface area contributed by atoms with Crippen LogP contribution in [0.5, 0.6) is 5.75 Å². The number of carbonyl (C=O) groups is 1. The number of carbonyl (C=O) groups excluding carboxylic acids is 1. The summed E-state index contributed by atoms with van der Waals surface area (Å²) >= 11 is 0. The molecule has 15 heavy (non-hydrogen) atoms. The summed E-state index contributed by atoms with van der Waals surface area (Å²) in [5, 5.41) is 0. The first-order valence-corrected chi connectivity index (χ1v) is 4.58. The monoisotopic (exact) mass is 209 g/mol. The van der Waals surface area contributed by atoms with Crippen molar-refractivity contribution in [3.05, 3.63) is 29.3 Å². The second-order valence-electron chi connectivity index (χ2n) is 3.25. The zero-order valence-corrected chi connectivity index (χ0v) is 9.11. The van der Waals surface area contributed by atoms with Crippen LogP contribution in [0.15, 0.2) is 18.2 Å². The maximum absolute atomic E-state index is 11.3. The third-order valence-electron chi connectivity index (χ3n) is 2.18. The summed E-state index contributed by atoms with van der Waals surface area (Å²) < 4.78 is 9.73. The first-order valence-electron chi connectivity index (χ1n) is 4.58. The Kier molecular flexibility index (Phi) is 3.68. The molecule has 82 valence electrons. The highest BCUT2D eigenvalue weighted by molar-refractivity contribution is 5.78. The molecular weight excluding hydrogens is 194 g/mol. The van der Waals surface area contributed by atoms with Crippen molar-refractivity contribution >= 4 is 5.97 Å². The van der Waals surface area contributed by atoms with Crippen LogP contribution >= 0.6 is 0 Å². The molecule has 0 amide bonds. The second kappa shape index (κ2) is 4.79. The molecule has 1 aromatic carbocycles. The van der Waals surface area contributed by atoms with Crippen molar-refractivity contribution in [1.29, 1.82) is 0 Å². The number of nitrogens with two attached hydrogens (primary N) is 1. The van der Waals surface area contributed by atoms with Gasteiger partial charge < -0.3 is 15.2 Å². The maximum Gasteiger partial charge on any atom is 0.327 e. The first kappa shape index (κ1) is 11.5. The molecule has 0 aliphatic carbocycles. The zero-order chi connectivity index (χ0) is 11.4. The highest BCUT2D eigenvalue weighted by atomic mass is 16.5. The van der Waals surface area contributed by atoms with Gasteiger partial charge in [0.05, 0.1) is 14.2 Å². The first-order chi connectivity index (χ1) is 7.10. The highest BCUT2D eigenvalue weighted by Crippen LogP contribution is 2.25. The van der Waals surface area contributed by atoms with E-state index in [0.717, 1.165) is 5.56 Å².